The zero-order valence-corrected chi connectivity index (χ0v) is 15.5. The van der Waals surface area contributed by atoms with Gasteiger partial charge >= 0.3 is 0 Å². The van der Waals surface area contributed by atoms with Crippen LogP contribution >= 0.6 is 27.7 Å². The van der Waals surface area contributed by atoms with Crippen LogP contribution in [0.25, 0.3) is 0 Å². The zero-order valence-electron chi connectivity index (χ0n) is 13.1. The van der Waals surface area contributed by atoms with Crippen molar-refractivity contribution >= 4 is 27.7 Å². The number of rotatable bonds is 6. The largest absolute Gasteiger partial charge is 0.481 e. The third-order valence-corrected chi connectivity index (χ3v) is 4.62. The van der Waals surface area contributed by atoms with Crippen LogP contribution in [0.4, 0.5) is 8.78 Å². The van der Waals surface area contributed by atoms with E-state index in [1.165, 1.54) is 42.1 Å². The van der Waals surface area contributed by atoms with Gasteiger partial charge in [-0.05, 0) is 48.9 Å². The maximum absolute atomic E-state index is 13.8. The first-order valence-corrected chi connectivity index (χ1v) is 9.11. The molecule has 1 atom stereocenters. The van der Waals surface area contributed by atoms with E-state index in [1.807, 2.05) is 0 Å². The molecule has 2 aromatic carbocycles. The lowest BCUT2D eigenvalue weighted by atomic mass is 10.2. The number of hydrogen-bond donors (Lipinski definition) is 0. The first-order valence-electron chi connectivity index (χ1n) is 7.33. The van der Waals surface area contributed by atoms with Crippen LogP contribution in [-0.2, 0) is 5.75 Å². The maximum atomic E-state index is 13.8. The molecule has 1 heterocycles. The van der Waals surface area contributed by atoms with E-state index in [9.17, 15) is 8.78 Å². The summed E-state index contributed by atoms with van der Waals surface area (Å²) in [6, 6.07) is 10.5. The van der Waals surface area contributed by atoms with Crippen molar-refractivity contribution in [1.82, 2.24) is 10.2 Å². The van der Waals surface area contributed by atoms with Gasteiger partial charge in [0.05, 0.1) is 0 Å². The van der Waals surface area contributed by atoms with Crippen molar-refractivity contribution in [1.29, 1.82) is 0 Å². The molecule has 0 aliphatic rings. The highest BCUT2D eigenvalue weighted by Crippen LogP contribution is 2.27. The van der Waals surface area contributed by atoms with Crippen molar-refractivity contribution in [3.8, 4) is 5.75 Å². The fraction of sp³-hybridized carbons (Fsp3) is 0.176. The first kappa shape index (κ1) is 17.9. The fourth-order valence-corrected chi connectivity index (χ4v) is 3.08. The summed E-state index contributed by atoms with van der Waals surface area (Å²) in [6.45, 7) is 1.75. The summed E-state index contributed by atoms with van der Waals surface area (Å²) in [5.74, 6) is 0.529. The molecule has 3 rings (SSSR count). The van der Waals surface area contributed by atoms with Gasteiger partial charge in [-0.25, -0.2) is 8.78 Å². The fourth-order valence-electron chi connectivity index (χ4n) is 1.99. The van der Waals surface area contributed by atoms with Gasteiger partial charge in [-0.3, -0.25) is 0 Å². The number of ether oxygens (including phenoxy) is 1. The normalized spacial score (nSPS) is 12.2. The highest BCUT2D eigenvalue weighted by molar-refractivity contribution is 9.10. The Morgan fingerprint density at radius 1 is 1.16 bits per heavy atom. The van der Waals surface area contributed by atoms with Gasteiger partial charge in [0, 0.05) is 10.2 Å². The van der Waals surface area contributed by atoms with Crippen molar-refractivity contribution in [2.24, 2.45) is 0 Å². The molecule has 0 spiro atoms. The average Bonchev–Trinajstić information content (AvgIpc) is 3.05. The summed E-state index contributed by atoms with van der Waals surface area (Å²) in [6.07, 6.45) is -0.489. The second-order valence-electron chi connectivity index (χ2n) is 5.14. The number of nitrogens with zero attached hydrogens (tertiary/aromatic N) is 2. The zero-order chi connectivity index (χ0) is 17.8. The molecule has 0 aliphatic heterocycles. The Hall–Kier alpha value is -1.93. The highest BCUT2D eigenvalue weighted by Gasteiger charge is 2.16. The van der Waals surface area contributed by atoms with E-state index in [4.69, 9.17) is 9.15 Å². The molecular weight excluding hydrogens is 414 g/mol. The van der Waals surface area contributed by atoms with Gasteiger partial charge in [-0.2, -0.15) is 0 Å². The number of benzene rings is 2. The summed E-state index contributed by atoms with van der Waals surface area (Å²) >= 11 is 4.46. The summed E-state index contributed by atoms with van der Waals surface area (Å²) in [7, 11) is 0. The lowest BCUT2D eigenvalue weighted by Gasteiger charge is -2.10. The van der Waals surface area contributed by atoms with E-state index in [0.717, 1.165) is 0 Å². The molecule has 0 saturated heterocycles. The van der Waals surface area contributed by atoms with Crippen LogP contribution in [0.1, 0.15) is 24.5 Å². The van der Waals surface area contributed by atoms with Gasteiger partial charge in [0.15, 0.2) is 6.10 Å². The van der Waals surface area contributed by atoms with Crippen molar-refractivity contribution < 1.29 is 17.9 Å². The van der Waals surface area contributed by atoms with Gasteiger partial charge in [-0.1, -0.05) is 33.8 Å². The minimum atomic E-state index is -0.489. The molecule has 0 aliphatic carbocycles. The third kappa shape index (κ3) is 4.79. The lowest BCUT2D eigenvalue weighted by Crippen LogP contribution is -2.03. The Balaban J connectivity index is 1.60. The third-order valence-electron chi connectivity index (χ3n) is 3.26. The Kier molecular flexibility index (Phi) is 5.70. The lowest BCUT2D eigenvalue weighted by molar-refractivity contribution is 0.181. The molecule has 3 aromatic rings. The molecule has 0 N–H and O–H groups in total. The van der Waals surface area contributed by atoms with E-state index >= 15 is 0 Å². The molecule has 8 heteroatoms. The molecule has 4 nitrogen and oxygen atoms in total. The minimum absolute atomic E-state index is 0.295. The summed E-state index contributed by atoms with van der Waals surface area (Å²) < 4.78 is 38.5. The van der Waals surface area contributed by atoms with Gasteiger partial charge in [0.25, 0.3) is 11.1 Å². The van der Waals surface area contributed by atoms with E-state index in [1.54, 1.807) is 19.1 Å². The molecule has 0 unspecified atom stereocenters. The van der Waals surface area contributed by atoms with Crippen LogP contribution in [0, 0.1) is 11.6 Å². The van der Waals surface area contributed by atoms with Gasteiger partial charge in [-0.15, -0.1) is 10.2 Å². The smallest absolute Gasteiger partial charge is 0.277 e. The molecule has 0 bridgehead atoms. The van der Waals surface area contributed by atoms with Gasteiger partial charge < -0.3 is 9.15 Å². The molecule has 0 amide bonds. The quantitative estimate of drug-likeness (QED) is 0.484. The number of hydrogen-bond acceptors (Lipinski definition) is 5. The van der Waals surface area contributed by atoms with Gasteiger partial charge in [0.1, 0.15) is 17.4 Å². The molecule has 25 heavy (non-hydrogen) atoms. The second kappa shape index (κ2) is 7.97. The topological polar surface area (TPSA) is 48.2 Å². The first-order chi connectivity index (χ1) is 12.0. The number of halogens is 3. The van der Waals surface area contributed by atoms with E-state index in [-0.39, 0.29) is 11.6 Å². The second-order valence-corrected chi connectivity index (χ2v) is 6.99. The maximum Gasteiger partial charge on any atom is 0.277 e. The van der Waals surface area contributed by atoms with Crippen LogP contribution in [0.5, 0.6) is 5.75 Å². The van der Waals surface area contributed by atoms with Crippen molar-refractivity contribution in [2.45, 2.75) is 24.0 Å². The van der Waals surface area contributed by atoms with Crippen LogP contribution in [0.15, 0.2) is 56.6 Å². The van der Waals surface area contributed by atoms with Crippen molar-refractivity contribution in [2.75, 3.05) is 0 Å². The number of thioether (sulfide) groups is 1. The van der Waals surface area contributed by atoms with Crippen LogP contribution < -0.4 is 4.74 Å². The standard InChI is InChI=1S/C17H13BrF2N2O2S/c1-10(23-14-6-4-13(19)5-7-14)16-21-22-17(24-16)25-9-11-2-3-12(18)8-15(11)20/h2-8,10H,9H2,1H3/t10-/m1/s1. The molecule has 1 aromatic heterocycles. The number of aromatic nitrogens is 2. The molecule has 130 valence electrons. The predicted molar refractivity (Wildman–Crippen MR) is 93.4 cm³/mol. The van der Waals surface area contributed by atoms with Crippen molar-refractivity contribution in [3.63, 3.8) is 0 Å². The molecule has 0 radical (unpaired) electrons. The monoisotopic (exact) mass is 426 g/mol. The molecule has 0 saturated carbocycles. The van der Waals surface area contributed by atoms with E-state index < -0.39 is 6.10 Å². The van der Waals surface area contributed by atoms with E-state index in [0.29, 0.717) is 32.7 Å². The predicted octanol–water partition coefficient (Wildman–Crippen LogP) is 5.54. The summed E-state index contributed by atoms with van der Waals surface area (Å²) in [5, 5.41) is 8.20. The average molecular weight is 427 g/mol. The molecular formula is C17H13BrF2N2O2S. The Morgan fingerprint density at radius 2 is 1.92 bits per heavy atom. The Labute approximate surface area is 155 Å². The van der Waals surface area contributed by atoms with Crippen LogP contribution in [0.2, 0.25) is 0 Å². The SMILES string of the molecule is C[C@@H](Oc1ccc(F)cc1)c1nnc(SCc2ccc(Br)cc2F)o1. The van der Waals surface area contributed by atoms with Crippen LogP contribution in [0.3, 0.4) is 0 Å². The van der Waals surface area contributed by atoms with Gasteiger partial charge in [0.2, 0.25) is 0 Å². The van der Waals surface area contributed by atoms with Crippen molar-refractivity contribution in [3.05, 3.63) is 70.0 Å². The Bertz CT molecular complexity index is 858. The van der Waals surface area contributed by atoms with Crippen LogP contribution in [-0.4, -0.2) is 10.2 Å². The highest BCUT2D eigenvalue weighted by atomic mass is 79.9. The summed E-state index contributed by atoms with van der Waals surface area (Å²) in [4.78, 5) is 0. The van der Waals surface area contributed by atoms with E-state index in [2.05, 4.69) is 26.1 Å². The molecule has 0 fully saturated rings. The Morgan fingerprint density at radius 3 is 2.64 bits per heavy atom. The summed E-state index contributed by atoms with van der Waals surface area (Å²) in [5.41, 5.74) is 0.545. The minimum Gasteiger partial charge on any atom is -0.481 e.